The molecule has 0 spiro atoms. The van der Waals surface area contributed by atoms with Gasteiger partial charge in [-0.1, -0.05) is 6.07 Å². The second-order valence-corrected chi connectivity index (χ2v) is 3.93. The van der Waals surface area contributed by atoms with Crippen LogP contribution in [0.5, 0.6) is 5.75 Å². The van der Waals surface area contributed by atoms with Crippen molar-refractivity contribution in [3.05, 3.63) is 34.9 Å². The maximum absolute atomic E-state index is 10.7. The van der Waals surface area contributed by atoms with Gasteiger partial charge >= 0.3 is 5.97 Å². The molecule has 0 fully saturated rings. The maximum Gasteiger partial charge on any atom is 0.328 e. The van der Waals surface area contributed by atoms with Gasteiger partial charge in [0.1, 0.15) is 5.75 Å². The fourth-order valence-electron chi connectivity index (χ4n) is 2.27. The molecule has 0 unspecified atom stereocenters. The summed E-state index contributed by atoms with van der Waals surface area (Å²) < 4.78 is 5.25. The van der Waals surface area contributed by atoms with Gasteiger partial charge in [-0.25, -0.2) is 4.79 Å². The number of methoxy groups -OCH3 is 1. The summed E-state index contributed by atoms with van der Waals surface area (Å²) in [6.45, 7) is 2.02. The van der Waals surface area contributed by atoms with Crippen LogP contribution in [-0.4, -0.2) is 18.2 Å². The lowest BCUT2D eigenvalue weighted by Gasteiger charge is -2.09. The minimum atomic E-state index is -0.878. The minimum absolute atomic E-state index is 0.801. The van der Waals surface area contributed by atoms with Gasteiger partial charge in [0.2, 0.25) is 0 Å². The van der Waals surface area contributed by atoms with Crippen LogP contribution in [0.3, 0.4) is 0 Å². The largest absolute Gasteiger partial charge is 0.496 e. The van der Waals surface area contributed by atoms with Gasteiger partial charge in [0, 0.05) is 6.08 Å². The molecule has 1 N–H and O–H groups in total. The summed E-state index contributed by atoms with van der Waals surface area (Å²) in [6.07, 6.45) is 3.00. The Morgan fingerprint density at radius 2 is 2.19 bits per heavy atom. The molecule has 0 amide bonds. The normalized spacial score (nSPS) is 16.2. The van der Waals surface area contributed by atoms with Crippen LogP contribution in [0.25, 0.3) is 5.57 Å². The predicted molar refractivity (Wildman–Crippen MR) is 61.7 cm³/mol. The molecule has 0 saturated carbocycles. The molecule has 0 aliphatic heterocycles. The molecule has 84 valence electrons. The summed E-state index contributed by atoms with van der Waals surface area (Å²) in [6, 6.07) is 3.85. The Morgan fingerprint density at radius 1 is 1.44 bits per heavy atom. The van der Waals surface area contributed by atoms with Crippen molar-refractivity contribution < 1.29 is 14.6 Å². The first-order chi connectivity index (χ1) is 7.63. The quantitative estimate of drug-likeness (QED) is 0.775. The van der Waals surface area contributed by atoms with Crippen LogP contribution in [0.15, 0.2) is 18.2 Å². The van der Waals surface area contributed by atoms with E-state index in [9.17, 15) is 4.79 Å². The summed E-state index contributed by atoms with van der Waals surface area (Å²) in [5, 5.41) is 8.77. The Morgan fingerprint density at radius 3 is 2.81 bits per heavy atom. The van der Waals surface area contributed by atoms with E-state index in [1.54, 1.807) is 7.11 Å². The van der Waals surface area contributed by atoms with Crippen molar-refractivity contribution in [2.75, 3.05) is 7.11 Å². The standard InChI is InChI=1S/C13H14O3/c1-8-10-4-3-9(7-13(14)15)11(10)5-6-12(8)16-2/h5-7H,3-4H2,1-2H3,(H,14,15). The van der Waals surface area contributed by atoms with Crippen LogP contribution in [0, 0.1) is 6.92 Å². The lowest BCUT2D eigenvalue weighted by molar-refractivity contribution is -0.131. The van der Waals surface area contributed by atoms with E-state index in [1.165, 1.54) is 11.6 Å². The van der Waals surface area contributed by atoms with E-state index in [4.69, 9.17) is 9.84 Å². The SMILES string of the molecule is COc1ccc2c(c1C)CCC2=CC(=O)O. The van der Waals surface area contributed by atoms with Crippen molar-refractivity contribution in [3.8, 4) is 5.75 Å². The molecule has 3 heteroatoms. The average molecular weight is 218 g/mol. The van der Waals surface area contributed by atoms with Gasteiger partial charge in [0.15, 0.2) is 0 Å². The highest BCUT2D eigenvalue weighted by atomic mass is 16.5. The molecule has 0 aromatic heterocycles. The van der Waals surface area contributed by atoms with Gasteiger partial charge in [0.05, 0.1) is 7.11 Å². The number of carbonyl (C=O) groups is 1. The minimum Gasteiger partial charge on any atom is -0.496 e. The van der Waals surface area contributed by atoms with Crippen molar-refractivity contribution in [1.29, 1.82) is 0 Å². The first kappa shape index (κ1) is 10.7. The summed E-state index contributed by atoms with van der Waals surface area (Å²) in [4.78, 5) is 10.7. The van der Waals surface area contributed by atoms with Gasteiger partial charge in [0.25, 0.3) is 0 Å². The van der Waals surface area contributed by atoms with Crippen LogP contribution in [-0.2, 0) is 11.2 Å². The predicted octanol–water partition coefficient (Wildman–Crippen LogP) is 2.42. The third kappa shape index (κ3) is 1.69. The van der Waals surface area contributed by atoms with E-state index in [0.29, 0.717) is 0 Å². The van der Waals surface area contributed by atoms with E-state index < -0.39 is 5.97 Å². The highest BCUT2D eigenvalue weighted by molar-refractivity contribution is 5.92. The number of hydrogen-bond acceptors (Lipinski definition) is 2. The van der Waals surface area contributed by atoms with Crippen LogP contribution < -0.4 is 4.74 Å². The molecule has 1 aliphatic rings. The van der Waals surface area contributed by atoms with Crippen molar-refractivity contribution in [2.24, 2.45) is 0 Å². The van der Waals surface area contributed by atoms with Crippen molar-refractivity contribution in [2.45, 2.75) is 19.8 Å². The van der Waals surface area contributed by atoms with Crippen LogP contribution in [0.4, 0.5) is 0 Å². The lowest BCUT2D eigenvalue weighted by Crippen LogP contribution is -1.93. The zero-order valence-corrected chi connectivity index (χ0v) is 9.41. The fraction of sp³-hybridized carbons (Fsp3) is 0.308. The van der Waals surface area contributed by atoms with E-state index in [-0.39, 0.29) is 0 Å². The number of aliphatic carboxylic acids is 1. The number of allylic oxidation sites excluding steroid dienone is 1. The Bertz CT molecular complexity index is 472. The number of rotatable bonds is 2. The number of hydrogen-bond donors (Lipinski definition) is 1. The molecule has 0 bridgehead atoms. The van der Waals surface area contributed by atoms with E-state index in [2.05, 4.69) is 0 Å². The Balaban J connectivity index is 2.51. The summed E-state index contributed by atoms with van der Waals surface area (Å²) in [5.74, 6) is -0.00774. The average Bonchev–Trinajstić information content (AvgIpc) is 2.62. The molecule has 2 rings (SSSR count). The number of fused-ring (bicyclic) bond motifs is 1. The van der Waals surface area contributed by atoms with E-state index in [0.717, 1.165) is 35.3 Å². The number of ether oxygens (including phenoxy) is 1. The Labute approximate surface area is 94.4 Å². The third-order valence-corrected chi connectivity index (χ3v) is 3.06. The molecule has 1 aliphatic carbocycles. The van der Waals surface area contributed by atoms with Gasteiger partial charge in [-0.3, -0.25) is 0 Å². The van der Waals surface area contributed by atoms with Crippen molar-refractivity contribution >= 4 is 11.5 Å². The second kappa shape index (κ2) is 4.00. The second-order valence-electron chi connectivity index (χ2n) is 3.93. The zero-order chi connectivity index (χ0) is 11.7. The molecular weight excluding hydrogens is 204 g/mol. The van der Waals surface area contributed by atoms with Crippen LogP contribution in [0.1, 0.15) is 23.1 Å². The topological polar surface area (TPSA) is 46.5 Å². The van der Waals surface area contributed by atoms with Gasteiger partial charge in [-0.15, -0.1) is 0 Å². The molecule has 3 nitrogen and oxygen atoms in total. The highest BCUT2D eigenvalue weighted by Crippen LogP contribution is 2.37. The molecule has 16 heavy (non-hydrogen) atoms. The molecule has 0 atom stereocenters. The van der Waals surface area contributed by atoms with E-state index >= 15 is 0 Å². The third-order valence-electron chi connectivity index (χ3n) is 3.06. The zero-order valence-electron chi connectivity index (χ0n) is 9.41. The maximum atomic E-state index is 10.7. The Kier molecular flexibility index (Phi) is 2.69. The number of carboxylic acids is 1. The monoisotopic (exact) mass is 218 g/mol. The van der Waals surface area contributed by atoms with E-state index in [1.807, 2.05) is 19.1 Å². The van der Waals surface area contributed by atoms with Crippen molar-refractivity contribution in [1.82, 2.24) is 0 Å². The molecule has 1 aromatic rings. The van der Waals surface area contributed by atoms with Crippen molar-refractivity contribution in [3.63, 3.8) is 0 Å². The molecule has 0 radical (unpaired) electrons. The highest BCUT2D eigenvalue weighted by Gasteiger charge is 2.20. The van der Waals surface area contributed by atoms with Crippen LogP contribution >= 0.6 is 0 Å². The smallest absolute Gasteiger partial charge is 0.328 e. The number of benzene rings is 1. The molecular formula is C13H14O3. The first-order valence-electron chi connectivity index (χ1n) is 5.24. The summed E-state index contributed by atoms with van der Waals surface area (Å²) in [5.41, 5.74) is 4.30. The fourth-order valence-corrected chi connectivity index (χ4v) is 2.27. The van der Waals surface area contributed by atoms with Crippen LogP contribution in [0.2, 0.25) is 0 Å². The molecule has 0 heterocycles. The molecule has 1 aromatic carbocycles. The summed E-state index contributed by atoms with van der Waals surface area (Å²) in [7, 11) is 1.65. The number of carboxylic acid groups (broad SMARTS) is 1. The summed E-state index contributed by atoms with van der Waals surface area (Å²) >= 11 is 0. The first-order valence-corrected chi connectivity index (χ1v) is 5.24. The van der Waals surface area contributed by atoms with Gasteiger partial charge < -0.3 is 9.84 Å². The Hall–Kier alpha value is -1.77. The van der Waals surface area contributed by atoms with Gasteiger partial charge in [-0.05, 0) is 48.1 Å². The molecule has 0 saturated heterocycles. The lowest BCUT2D eigenvalue weighted by atomic mass is 10.0. The van der Waals surface area contributed by atoms with Gasteiger partial charge in [-0.2, -0.15) is 0 Å².